The van der Waals surface area contributed by atoms with Crippen molar-refractivity contribution in [1.82, 2.24) is 0 Å². The minimum atomic E-state index is -0.266. The van der Waals surface area contributed by atoms with Gasteiger partial charge < -0.3 is 14.6 Å². The number of phenols is 1. The molecule has 0 heterocycles. The second-order valence-corrected chi connectivity index (χ2v) is 5.35. The van der Waals surface area contributed by atoms with E-state index in [0.717, 1.165) is 24.8 Å². The van der Waals surface area contributed by atoms with E-state index < -0.39 is 0 Å². The van der Waals surface area contributed by atoms with E-state index in [4.69, 9.17) is 9.47 Å². The molecular weight excluding hydrogens is 292 g/mol. The van der Waals surface area contributed by atoms with Gasteiger partial charge in [-0.25, -0.2) is 0 Å². The fraction of sp³-hybridized carbons (Fsp3) is 0.316. The highest BCUT2D eigenvalue weighted by atomic mass is 16.5. The van der Waals surface area contributed by atoms with Crippen LogP contribution in [-0.2, 0) is 22.4 Å². The largest absolute Gasteiger partial charge is 0.504 e. The Morgan fingerprint density at radius 2 is 1.83 bits per heavy atom. The zero-order valence-electron chi connectivity index (χ0n) is 13.3. The van der Waals surface area contributed by atoms with Gasteiger partial charge in [0.2, 0.25) is 0 Å². The normalized spacial score (nSPS) is 10.3. The van der Waals surface area contributed by atoms with Gasteiger partial charge in [-0.05, 0) is 42.5 Å². The first-order valence-electron chi connectivity index (χ1n) is 7.74. The molecule has 0 aliphatic rings. The fourth-order valence-electron chi connectivity index (χ4n) is 2.31. The summed E-state index contributed by atoms with van der Waals surface area (Å²) >= 11 is 0. The number of carbonyl (C=O) groups excluding carboxylic acids is 1. The third-order valence-corrected chi connectivity index (χ3v) is 3.56. The van der Waals surface area contributed by atoms with Gasteiger partial charge in [0.15, 0.2) is 11.5 Å². The maximum atomic E-state index is 11.8. The van der Waals surface area contributed by atoms with Crippen LogP contribution in [-0.4, -0.2) is 24.8 Å². The predicted molar refractivity (Wildman–Crippen MR) is 88.7 cm³/mol. The molecule has 1 N–H and O–H groups in total. The molecule has 0 saturated carbocycles. The van der Waals surface area contributed by atoms with Crippen molar-refractivity contribution >= 4 is 5.97 Å². The summed E-state index contributed by atoms with van der Waals surface area (Å²) in [6, 6.07) is 15.1. The van der Waals surface area contributed by atoms with Gasteiger partial charge in [0.05, 0.1) is 20.1 Å². The summed E-state index contributed by atoms with van der Waals surface area (Å²) in [7, 11) is 1.48. The summed E-state index contributed by atoms with van der Waals surface area (Å²) < 4.78 is 10.3. The van der Waals surface area contributed by atoms with Crippen molar-refractivity contribution in [3.63, 3.8) is 0 Å². The number of hydrogen-bond donors (Lipinski definition) is 1. The standard InChI is InChI=1S/C19H22O4/c1-22-18-13-16(10-11-17(18)20)14-19(21)23-12-6-5-9-15-7-3-2-4-8-15/h2-4,7-8,10-11,13,20H,5-6,9,12,14H2,1H3. The Balaban J connectivity index is 1.67. The third kappa shape index (κ3) is 5.66. The molecule has 23 heavy (non-hydrogen) atoms. The van der Waals surface area contributed by atoms with Crippen LogP contribution in [0.2, 0.25) is 0 Å². The SMILES string of the molecule is COc1cc(CC(=O)OCCCCc2ccccc2)ccc1O. The van der Waals surface area contributed by atoms with Crippen LogP contribution >= 0.6 is 0 Å². The van der Waals surface area contributed by atoms with Crippen LogP contribution in [0.5, 0.6) is 11.5 Å². The lowest BCUT2D eigenvalue weighted by Gasteiger charge is -2.07. The third-order valence-electron chi connectivity index (χ3n) is 3.56. The smallest absolute Gasteiger partial charge is 0.310 e. The number of rotatable bonds is 8. The number of aromatic hydroxyl groups is 1. The number of carbonyl (C=O) groups is 1. The zero-order chi connectivity index (χ0) is 16.5. The lowest BCUT2D eigenvalue weighted by molar-refractivity contribution is -0.142. The first kappa shape index (κ1) is 16.9. The number of esters is 1. The maximum Gasteiger partial charge on any atom is 0.310 e. The molecule has 4 nitrogen and oxygen atoms in total. The molecule has 0 aliphatic carbocycles. The van der Waals surface area contributed by atoms with Crippen molar-refractivity contribution in [2.75, 3.05) is 13.7 Å². The first-order chi connectivity index (χ1) is 11.2. The number of aryl methyl sites for hydroxylation is 1. The highest BCUT2D eigenvalue weighted by Crippen LogP contribution is 2.26. The maximum absolute atomic E-state index is 11.8. The molecule has 0 unspecified atom stereocenters. The summed E-state index contributed by atoms with van der Waals surface area (Å²) in [6.45, 7) is 0.431. The van der Waals surface area contributed by atoms with E-state index >= 15 is 0 Å². The van der Waals surface area contributed by atoms with Crippen molar-refractivity contribution in [3.05, 3.63) is 59.7 Å². The summed E-state index contributed by atoms with van der Waals surface area (Å²) in [5.74, 6) is 0.154. The van der Waals surface area contributed by atoms with E-state index in [-0.39, 0.29) is 18.1 Å². The van der Waals surface area contributed by atoms with Gasteiger partial charge in [-0.15, -0.1) is 0 Å². The average molecular weight is 314 g/mol. The second kappa shape index (κ2) is 8.83. The van der Waals surface area contributed by atoms with Crippen LogP contribution in [0, 0.1) is 0 Å². The second-order valence-electron chi connectivity index (χ2n) is 5.35. The molecule has 122 valence electrons. The lowest BCUT2D eigenvalue weighted by Crippen LogP contribution is -2.09. The summed E-state index contributed by atoms with van der Waals surface area (Å²) in [5, 5.41) is 9.52. The van der Waals surface area contributed by atoms with E-state index in [9.17, 15) is 9.90 Å². The molecule has 0 radical (unpaired) electrons. The van der Waals surface area contributed by atoms with Crippen LogP contribution < -0.4 is 4.74 Å². The molecule has 0 saturated heterocycles. The van der Waals surface area contributed by atoms with E-state index in [1.807, 2.05) is 18.2 Å². The number of methoxy groups -OCH3 is 1. The van der Waals surface area contributed by atoms with E-state index in [2.05, 4.69) is 12.1 Å². The Morgan fingerprint density at radius 3 is 2.57 bits per heavy atom. The molecule has 2 rings (SSSR count). The summed E-state index contributed by atoms with van der Waals surface area (Å²) in [6.07, 6.45) is 3.01. The Morgan fingerprint density at radius 1 is 1.04 bits per heavy atom. The van der Waals surface area contributed by atoms with Gasteiger partial charge in [-0.1, -0.05) is 36.4 Å². The minimum Gasteiger partial charge on any atom is -0.504 e. The molecule has 0 bridgehead atoms. The van der Waals surface area contributed by atoms with Gasteiger partial charge in [0.25, 0.3) is 0 Å². The molecule has 0 aliphatic heterocycles. The summed E-state index contributed by atoms with van der Waals surface area (Å²) in [5.41, 5.74) is 2.06. The molecule has 0 atom stereocenters. The molecule has 0 spiro atoms. The highest BCUT2D eigenvalue weighted by Gasteiger charge is 2.08. The van der Waals surface area contributed by atoms with Crippen molar-refractivity contribution < 1.29 is 19.4 Å². The Kier molecular flexibility index (Phi) is 6.48. The number of hydrogen-bond acceptors (Lipinski definition) is 4. The highest BCUT2D eigenvalue weighted by molar-refractivity contribution is 5.72. The van der Waals surface area contributed by atoms with E-state index in [0.29, 0.717) is 12.4 Å². The van der Waals surface area contributed by atoms with E-state index in [1.54, 1.807) is 12.1 Å². The van der Waals surface area contributed by atoms with Crippen LogP contribution in [0.25, 0.3) is 0 Å². The average Bonchev–Trinajstić information content (AvgIpc) is 2.57. The lowest BCUT2D eigenvalue weighted by atomic mass is 10.1. The Hall–Kier alpha value is -2.49. The van der Waals surface area contributed by atoms with Crippen molar-refractivity contribution in [2.45, 2.75) is 25.7 Å². The topological polar surface area (TPSA) is 55.8 Å². The molecule has 0 aromatic heterocycles. The first-order valence-corrected chi connectivity index (χ1v) is 7.74. The zero-order valence-corrected chi connectivity index (χ0v) is 13.3. The van der Waals surface area contributed by atoms with E-state index in [1.165, 1.54) is 18.7 Å². The Labute approximate surface area is 136 Å². The van der Waals surface area contributed by atoms with Crippen LogP contribution in [0.15, 0.2) is 48.5 Å². The quantitative estimate of drug-likeness (QED) is 0.598. The van der Waals surface area contributed by atoms with Gasteiger partial charge in [-0.2, -0.15) is 0 Å². The van der Waals surface area contributed by atoms with Gasteiger partial charge in [-0.3, -0.25) is 4.79 Å². The predicted octanol–water partition coefficient (Wildman–Crippen LogP) is 3.51. The minimum absolute atomic E-state index is 0.0607. The number of phenolic OH excluding ortho intramolecular Hbond substituents is 1. The van der Waals surface area contributed by atoms with Crippen LogP contribution in [0.1, 0.15) is 24.0 Å². The monoisotopic (exact) mass is 314 g/mol. The number of benzene rings is 2. The van der Waals surface area contributed by atoms with Gasteiger partial charge >= 0.3 is 5.97 Å². The van der Waals surface area contributed by atoms with Crippen molar-refractivity contribution in [3.8, 4) is 11.5 Å². The fourth-order valence-corrected chi connectivity index (χ4v) is 2.31. The molecule has 0 amide bonds. The van der Waals surface area contributed by atoms with Gasteiger partial charge in [0.1, 0.15) is 0 Å². The Bertz CT molecular complexity index is 623. The van der Waals surface area contributed by atoms with Crippen molar-refractivity contribution in [2.24, 2.45) is 0 Å². The number of unbranched alkanes of at least 4 members (excludes halogenated alkanes) is 1. The molecule has 4 heteroatoms. The van der Waals surface area contributed by atoms with Crippen LogP contribution in [0.3, 0.4) is 0 Å². The molecular formula is C19H22O4. The molecule has 2 aromatic carbocycles. The number of ether oxygens (including phenoxy) is 2. The van der Waals surface area contributed by atoms with Gasteiger partial charge in [0, 0.05) is 0 Å². The van der Waals surface area contributed by atoms with Crippen LogP contribution in [0.4, 0.5) is 0 Å². The van der Waals surface area contributed by atoms with Crippen molar-refractivity contribution in [1.29, 1.82) is 0 Å². The molecule has 2 aromatic rings. The summed E-state index contributed by atoms with van der Waals surface area (Å²) in [4.78, 5) is 11.8. The molecule has 0 fully saturated rings.